The predicted octanol–water partition coefficient (Wildman–Crippen LogP) is 1.94. The first-order chi connectivity index (χ1) is 11.7. The maximum absolute atomic E-state index is 13.2. The van der Waals surface area contributed by atoms with Gasteiger partial charge in [0.25, 0.3) is 0 Å². The molecule has 0 amide bonds. The summed E-state index contributed by atoms with van der Waals surface area (Å²) in [6.07, 6.45) is -4.05. The second kappa shape index (κ2) is 7.42. The normalized spacial score (nSPS) is 21.0. The Hall–Kier alpha value is -2.10. The third-order valence-electron chi connectivity index (χ3n) is 3.86. The summed E-state index contributed by atoms with van der Waals surface area (Å²) in [5.74, 6) is -3.37. The molecule has 0 spiro atoms. The zero-order chi connectivity index (χ0) is 18.8. The van der Waals surface area contributed by atoms with E-state index in [9.17, 15) is 22.8 Å². The van der Waals surface area contributed by atoms with Crippen molar-refractivity contribution in [1.29, 1.82) is 0 Å². The minimum atomic E-state index is -4.72. The van der Waals surface area contributed by atoms with Crippen LogP contribution in [0.25, 0.3) is 0 Å². The summed E-state index contributed by atoms with van der Waals surface area (Å²) in [5, 5.41) is -0.377. The summed E-state index contributed by atoms with van der Waals surface area (Å²) in [5.41, 5.74) is -1.11. The predicted molar refractivity (Wildman–Crippen MR) is 79.9 cm³/mol. The minimum absolute atomic E-state index is 0.101. The molecule has 1 aliphatic rings. The second-order valence-corrected chi connectivity index (χ2v) is 5.79. The van der Waals surface area contributed by atoms with Crippen molar-refractivity contribution in [3.8, 4) is 0 Å². The number of anilines is 1. The number of nitrogens with zero attached hydrogens (tertiary/aromatic N) is 3. The smallest absolute Gasteiger partial charge is 0.421 e. The first-order valence-electron chi connectivity index (χ1n) is 7.17. The van der Waals surface area contributed by atoms with Crippen molar-refractivity contribution in [1.82, 2.24) is 9.97 Å². The van der Waals surface area contributed by atoms with E-state index in [4.69, 9.17) is 11.6 Å². The van der Waals surface area contributed by atoms with E-state index in [1.165, 1.54) is 4.90 Å². The van der Waals surface area contributed by atoms with Crippen LogP contribution in [0.2, 0.25) is 5.28 Å². The number of halogens is 4. The molecule has 138 valence electrons. The van der Waals surface area contributed by atoms with Gasteiger partial charge >= 0.3 is 18.1 Å². The van der Waals surface area contributed by atoms with Crippen LogP contribution in [-0.2, 0) is 25.2 Å². The van der Waals surface area contributed by atoms with Crippen molar-refractivity contribution in [3.05, 3.63) is 17.0 Å². The van der Waals surface area contributed by atoms with Gasteiger partial charge in [0.1, 0.15) is 11.4 Å². The molecule has 0 N–H and O–H groups in total. The maximum Gasteiger partial charge on any atom is 0.421 e. The fourth-order valence-corrected chi connectivity index (χ4v) is 2.87. The highest BCUT2D eigenvalue weighted by Crippen LogP contribution is 2.37. The van der Waals surface area contributed by atoms with Crippen LogP contribution in [0.5, 0.6) is 0 Å². The Morgan fingerprint density at radius 3 is 2.16 bits per heavy atom. The monoisotopic (exact) mass is 381 g/mol. The van der Waals surface area contributed by atoms with Crippen molar-refractivity contribution in [3.63, 3.8) is 0 Å². The summed E-state index contributed by atoms with van der Waals surface area (Å²) >= 11 is 5.64. The number of alkyl halides is 3. The van der Waals surface area contributed by atoms with Crippen LogP contribution in [0, 0.1) is 11.8 Å². The molecule has 7 nitrogen and oxygen atoms in total. The number of piperidine rings is 1. The lowest BCUT2D eigenvalue weighted by Crippen LogP contribution is -2.47. The molecule has 2 atom stereocenters. The Bertz CT molecular complexity index is 647. The van der Waals surface area contributed by atoms with Crippen LogP contribution in [0.3, 0.4) is 0 Å². The number of hydrogen-bond donors (Lipinski definition) is 0. The zero-order valence-electron chi connectivity index (χ0n) is 13.3. The highest BCUT2D eigenvalue weighted by Gasteiger charge is 2.41. The molecule has 2 rings (SSSR count). The van der Waals surface area contributed by atoms with E-state index in [0.29, 0.717) is 6.20 Å². The Balaban J connectivity index is 2.44. The number of carbonyl (C=O) groups is 2. The number of hydrogen-bond acceptors (Lipinski definition) is 7. The van der Waals surface area contributed by atoms with E-state index in [0.717, 1.165) is 14.2 Å². The van der Waals surface area contributed by atoms with E-state index in [1.54, 1.807) is 0 Å². The van der Waals surface area contributed by atoms with Gasteiger partial charge in [-0.2, -0.15) is 18.2 Å². The number of methoxy groups -OCH3 is 2. The summed E-state index contributed by atoms with van der Waals surface area (Å²) < 4.78 is 49.1. The molecule has 0 bridgehead atoms. The van der Waals surface area contributed by atoms with Crippen LogP contribution in [0.1, 0.15) is 12.0 Å². The maximum atomic E-state index is 13.2. The van der Waals surface area contributed by atoms with Crippen LogP contribution in [0.4, 0.5) is 19.0 Å². The molecular weight excluding hydrogens is 367 g/mol. The van der Waals surface area contributed by atoms with Crippen molar-refractivity contribution < 1.29 is 32.2 Å². The molecule has 25 heavy (non-hydrogen) atoms. The summed E-state index contributed by atoms with van der Waals surface area (Å²) in [7, 11) is 2.33. The van der Waals surface area contributed by atoms with E-state index < -0.39 is 41.3 Å². The van der Waals surface area contributed by atoms with Gasteiger partial charge in [-0.25, -0.2) is 4.98 Å². The highest BCUT2D eigenvalue weighted by atomic mass is 35.5. The molecule has 1 saturated heterocycles. The van der Waals surface area contributed by atoms with Gasteiger partial charge in [-0.05, 0) is 18.0 Å². The summed E-state index contributed by atoms with van der Waals surface area (Å²) in [6, 6.07) is 0. The Morgan fingerprint density at radius 1 is 1.20 bits per heavy atom. The molecule has 1 fully saturated rings. The van der Waals surface area contributed by atoms with Crippen LogP contribution in [0.15, 0.2) is 6.20 Å². The highest BCUT2D eigenvalue weighted by molar-refractivity contribution is 6.28. The second-order valence-electron chi connectivity index (χ2n) is 5.45. The Morgan fingerprint density at radius 2 is 1.72 bits per heavy atom. The molecule has 0 aromatic carbocycles. The number of ether oxygens (including phenoxy) is 2. The Labute approximate surface area is 146 Å². The molecule has 0 radical (unpaired) electrons. The lowest BCUT2D eigenvalue weighted by atomic mass is 9.89. The molecule has 0 saturated carbocycles. The third-order valence-corrected chi connectivity index (χ3v) is 4.05. The van der Waals surface area contributed by atoms with Crippen molar-refractivity contribution in [2.45, 2.75) is 12.6 Å². The van der Waals surface area contributed by atoms with Gasteiger partial charge in [-0.1, -0.05) is 0 Å². The van der Waals surface area contributed by atoms with Gasteiger partial charge in [0.2, 0.25) is 5.28 Å². The first kappa shape index (κ1) is 19.2. The molecule has 1 aliphatic heterocycles. The van der Waals surface area contributed by atoms with Gasteiger partial charge in [0.15, 0.2) is 0 Å². The minimum Gasteiger partial charge on any atom is -0.469 e. The molecule has 1 aromatic heterocycles. The molecule has 0 unspecified atom stereocenters. The average molecular weight is 382 g/mol. The van der Waals surface area contributed by atoms with E-state index in [-0.39, 0.29) is 24.8 Å². The van der Waals surface area contributed by atoms with Gasteiger partial charge in [0, 0.05) is 19.3 Å². The topological polar surface area (TPSA) is 81.6 Å². The molecule has 1 aromatic rings. The van der Waals surface area contributed by atoms with Gasteiger partial charge in [0.05, 0.1) is 26.1 Å². The number of rotatable bonds is 3. The quantitative estimate of drug-likeness (QED) is 0.584. The molecule has 0 aliphatic carbocycles. The first-order valence-corrected chi connectivity index (χ1v) is 7.55. The summed E-state index contributed by atoms with van der Waals surface area (Å²) in [6.45, 7) is -0.201. The van der Waals surface area contributed by atoms with Crippen LogP contribution in [-0.4, -0.2) is 49.2 Å². The molecular formula is C14H15ClF3N3O4. The molecule has 2 heterocycles. The number of esters is 2. The average Bonchev–Trinajstić information content (AvgIpc) is 2.58. The van der Waals surface area contributed by atoms with Crippen molar-refractivity contribution in [2.24, 2.45) is 11.8 Å². The van der Waals surface area contributed by atoms with Gasteiger partial charge in [-0.15, -0.1) is 0 Å². The van der Waals surface area contributed by atoms with Crippen molar-refractivity contribution >= 4 is 29.4 Å². The fraction of sp³-hybridized carbons (Fsp3) is 0.571. The third kappa shape index (κ3) is 4.30. The van der Waals surface area contributed by atoms with Crippen LogP contribution < -0.4 is 4.90 Å². The van der Waals surface area contributed by atoms with E-state index in [2.05, 4.69) is 19.4 Å². The number of carbonyl (C=O) groups excluding carboxylic acids is 2. The zero-order valence-corrected chi connectivity index (χ0v) is 14.1. The SMILES string of the molecule is COC(=O)[C@@H]1C[C@H](C(=O)OC)CN(c2nc(Cl)ncc2C(F)(F)F)C1. The standard InChI is InChI=1S/C14H15ClF3N3O4/c1-24-11(22)7-3-8(12(23)25-2)6-21(5-7)10-9(14(16,17)18)4-19-13(15)20-10/h4,7-8H,3,5-6H2,1-2H3/t7-,8+. The Kier molecular flexibility index (Phi) is 5.71. The lowest BCUT2D eigenvalue weighted by Gasteiger charge is -2.36. The van der Waals surface area contributed by atoms with Crippen molar-refractivity contribution in [2.75, 3.05) is 32.2 Å². The number of aromatic nitrogens is 2. The lowest BCUT2D eigenvalue weighted by molar-refractivity contribution is -0.150. The van der Waals surface area contributed by atoms with E-state index >= 15 is 0 Å². The largest absolute Gasteiger partial charge is 0.469 e. The molecule has 11 heteroatoms. The summed E-state index contributed by atoms with van der Waals surface area (Å²) in [4.78, 5) is 31.9. The van der Waals surface area contributed by atoms with Gasteiger partial charge < -0.3 is 14.4 Å². The van der Waals surface area contributed by atoms with Gasteiger partial charge in [-0.3, -0.25) is 9.59 Å². The van der Waals surface area contributed by atoms with Crippen LogP contribution >= 0.6 is 11.6 Å². The fourth-order valence-electron chi connectivity index (χ4n) is 2.74. The van der Waals surface area contributed by atoms with E-state index in [1.807, 2.05) is 0 Å².